The number of nitrogens with one attached hydrogen (secondary N) is 1. The van der Waals surface area contributed by atoms with Crippen LogP contribution in [0, 0.1) is 5.92 Å². The molecule has 0 aliphatic rings. The highest BCUT2D eigenvalue weighted by Gasteiger charge is 2.12. The number of hydrogen-bond donors (Lipinski definition) is 1. The van der Waals surface area contributed by atoms with E-state index in [4.69, 9.17) is 23.2 Å². The van der Waals surface area contributed by atoms with Crippen LogP contribution in [0.15, 0.2) is 23.1 Å². The molecule has 0 bridgehead atoms. The largest absolute Gasteiger partial charge is 0.313 e. The molecule has 96 valence electrons. The Morgan fingerprint density at radius 1 is 1.18 bits per heavy atom. The van der Waals surface area contributed by atoms with Crippen LogP contribution in [0.4, 0.5) is 0 Å². The average Bonchev–Trinajstić information content (AvgIpc) is 2.22. The van der Waals surface area contributed by atoms with Crippen molar-refractivity contribution < 1.29 is 0 Å². The molecule has 4 heteroatoms. The highest BCUT2D eigenvalue weighted by Crippen LogP contribution is 2.27. The molecule has 1 aromatic carbocycles. The van der Waals surface area contributed by atoms with Gasteiger partial charge in [0, 0.05) is 26.7 Å². The fraction of sp³-hybridized carbons (Fsp3) is 0.538. The molecule has 0 aliphatic carbocycles. The predicted molar refractivity (Wildman–Crippen MR) is 79.5 cm³/mol. The van der Waals surface area contributed by atoms with Crippen molar-refractivity contribution in [1.29, 1.82) is 0 Å². The van der Waals surface area contributed by atoms with Gasteiger partial charge in [-0.25, -0.2) is 0 Å². The van der Waals surface area contributed by atoms with Gasteiger partial charge in [-0.3, -0.25) is 0 Å². The van der Waals surface area contributed by atoms with Gasteiger partial charge < -0.3 is 5.32 Å². The minimum Gasteiger partial charge on any atom is -0.313 e. The Balaban J connectivity index is 2.58. The van der Waals surface area contributed by atoms with Crippen LogP contribution in [0.1, 0.15) is 20.8 Å². The summed E-state index contributed by atoms with van der Waals surface area (Å²) in [6, 6.07) is 6.20. The predicted octanol–water partition coefficient (Wildman–Crippen LogP) is 4.72. The summed E-state index contributed by atoms with van der Waals surface area (Å²) in [5, 5.41) is 4.89. The molecule has 0 aliphatic heterocycles. The van der Waals surface area contributed by atoms with Gasteiger partial charge in [-0.2, -0.15) is 0 Å². The molecule has 0 fully saturated rings. The molecule has 1 unspecified atom stereocenters. The molecule has 1 aromatic rings. The number of rotatable bonds is 6. The summed E-state index contributed by atoms with van der Waals surface area (Å²) in [7, 11) is 0. The highest BCUT2D eigenvalue weighted by atomic mass is 35.5. The number of thioether (sulfide) groups is 1. The van der Waals surface area contributed by atoms with Crippen molar-refractivity contribution in [2.45, 2.75) is 31.7 Å². The van der Waals surface area contributed by atoms with Crippen LogP contribution in [0.5, 0.6) is 0 Å². The highest BCUT2D eigenvalue weighted by molar-refractivity contribution is 7.99. The maximum atomic E-state index is 5.98. The van der Waals surface area contributed by atoms with E-state index in [0.717, 1.165) is 17.2 Å². The molecule has 1 nitrogen and oxygen atoms in total. The summed E-state index contributed by atoms with van der Waals surface area (Å²) >= 11 is 13.7. The normalized spacial score (nSPS) is 13.1. The summed E-state index contributed by atoms with van der Waals surface area (Å²) in [5.41, 5.74) is 0. The third kappa shape index (κ3) is 5.52. The van der Waals surface area contributed by atoms with Crippen molar-refractivity contribution in [2.24, 2.45) is 5.92 Å². The third-order valence-electron chi connectivity index (χ3n) is 2.54. The number of halogens is 2. The van der Waals surface area contributed by atoms with Crippen molar-refractivity contribution in [1.82, 2.24) is 5.32 Å². The standard InChI is InChI=1S/C13H19Cl2NS/c1-4-16-13(9(2)3)8-17-12-6-10(14)5-11(15)7-12/h5-7,9,13,16H,4,8H2,1-3H3. The van der Waals surface area contributed by atoms with Crippen molar-refractivity contribution in [3.63, 3.8) is 0 Å². The van der Waals surface area contributed by atoms with Gasteiger partial charge in [0.2, 0.25) is 0 Å². The lowest BCUT2D eigenvalue weighted by Gasteiger charge is -2.21. The zero-order valence-electron chi connectivity index (χ0n) is 10.5. The first-order valence-corrected chi connectivity index (χ1v) is 7.59. The van der Waals surface area contributed by atoms with Crippen molar-refractivity contribution in [3.8, 4) is 0 Å². The second-order valence-electron chi connectivity index (χ2n) is 4.32. The van der Waals surface area contributed by atoms with Crippen LogP contribution in [-0.2, 0) is 0 Å². The maximum absolute atomic E-state index is 5.98. The van der Waals surface area contributed by atoms with Crippen LogP contribution in [0.2, 0.25) is 10.0 Å². The van der Waals surface area contributed by atoms with E-state index in [9.17, 15) is 0 Å². The van der Waals surface area contributed by atoms with E-state index in [1.165, 1.54) is 0 Å². The molecule has 0 spiro atoms. The summed E-state index contributed by atoms with van der Waals surface area (Å²) in [5.74, 6) is 1.65. The van der Waals surface area contributed by atoms with E-state index >= 15 is 0 Å². The van der Waals surface area contributed by atoms with E-state index in [2.05, 4.69) is 26.1 Å². The van der Waals surface area contributed by atoms with E-state index in [1.54, 1.807) is 17.8 Å². The van der Waals surface area contributed by atoms with E-state index in [0.29, 0.717) is 22.0 Å². The summed E-state index contributed by atoms with van der Waals surface area (Å²) in [6.07, 6.45) is 0. The minimum atomic E-state index is 0.516. The summed E-state index contributed by atoms with van der Waals surface area (Å²) < 4.78 is 0. The van der Waals surface area contributed by atoms with E-state index < -0.39 is 0 Å². The quantitative estimate of drug-likeness (QED) is 0.761. The lowest BCUT2D eigenvalue weighted by Crippen LogP contribution is -2.35. The Morgan fingerprint density at radius 3 is 2.24 bits per heavy atom. The molecular weight excluding hydrogens is 273 g/mol. The van der Waals surface area contributed by atoms with Gasteiger partial charge in [-0.15, -0.1) is 11.8 Å². The molecular formula is C13H19Cl2NS. The van der Waals surface area contributed by atoms with Gasteiger partial charge in [0.15, 0.2) is 0 Å². The molecule has 0 amide bonds. The van der Waals surface area contributed by atoms with Crippen molar-refractivity contribution >= 4 is 35.0 Å². The Bertz CT molecular complexity index is 335. The van der Waals surface area contributed by atoms with Crippen molar-refractivity contribution in [3.05, 3.63) is 28.2 Å². The molecule has 0 saturated heterocycles. The first kappa shape index (κ1) is 15.2. The smallest absolute Gasteiger partial charge is 0.0431 e. The van der Waals surface area contributed by atoms with E-state index in [1.807, 2.05) is 12.1 Å². The Hall–Kier alpha value is 0.110. The van der Waals surface area contributed by atoms with Gasteiger partial charge in [0.1, 0.15) is 0 Å². The molecule has 1 rings (SSSR count). The topological polar surface area (TPSA) is 12.0 Å². The lowest BCUT2D eigenvalue weighted by atomic mass is 10.1. The first-order valence-electron chi connectivity index (χ1n) is 5.85. The van der Waals surface area contributed by atoms with E-state index in [-0.39, 0.29) is 0 Å². The number of hydrogen-bond acceptors (Lipinski definition) is 2. The molecule has 0 heterocycles. The molecule has 0 saturated carbocycles. The van der Waals surface area contributed by atoms with Gasteiger partial charge in [0.25, 0.3) is 0 Å². The van der Waals surface area contributed by atoms with Crippen LogP contribution in [0.3, 0.4) is 0 Å². The Morgan fingerprint density at radius 2 is 1.76 bits per heavy atom. The van der Waals surface area contributed by atoms with Crippen molar-refractivity contribution in [2.75, 3.05) is 12.3 Å². The third-order valence-corrected chi connectivity index (χ3v) is 4.07. The van der Waals surface area contributed by atoms with Crippen LogP contribution in [0.25, 0.3) is 0 Å². The van der Waals surface area contributed by atoms with Crippen LogP contribution in [-0.4, -0.2) is 18.3 Å². The van der Waals surface area contributed by atoms with Gasteiger partial charge in [0.05, 0.1) is 0 Å². The molecule has 1 atom stereocenters. The fourth-order valence-corrected chi connectivity index (χ4v) is 3.50. The summed E-state index contributed by atoms with van der Waals surface area (Å²) in [4.78, 5) is 1.13. The monoisotopic (exact) mass is 291 g/mol. The number of benzene rings is 1. The molecule has 0 radical (unpaired) electrons. The first-order chi connectivity index (χ1) is 8.02. The average molecular weight is 292 g/mol. The SMILES string of the molecule is CCNC(CSc1cc(Cl)cc(Cl)c1)C(C)C. The van der Waals surface area contributed by atoms with Crippen LogP contribution >= 0.6 is 35.0 Å². The minimum absolute atomic E-state index is 0.516. The van der Waals surface area contributed by atoms with Crippen LogP contribution < -0.4 is 5.32 Å². The van der Waals surface area contributed by atoms with Gasteiger partial charge in [-0.05, 0) is 30.7 Å². The second kappa shape index (κ2) is 7.52. The second-order valence-corrected chi connectivity index (χ2v) is 6.29. The Kier molecular flexibility index (Phi) is 6.71. The maximum Gasteiger partial charge on any atom is 0.0431 e. The zero-order valence-corrected chi connectivity index (χ0v) is 12.8. The molecule has 17 heavy (non-hydrogen) atoms. The van der Waals surface area contributed by atoms with Gasteiger partial charge >= 0.3 is 0 Å². The fourth-order valence-electron chi connectivity index (χ4n) is 1.55. The Labute approximate surface area is 118 Å². The lowest BCUT2D eigenvalue weighted by molar-refractivity contribution is 0.443. The zero-order chi connectivity index (χ0) is 12.8. The van der Waals surface area contributed by atoms with Gasteiger partial charge in [-0.1, -0.05) is 44.0 Å². The summed E-state index contributed by atoms with van der Waals surface area (Å²) in [6.45, 7) is 7.60. The molecule has 0 aromatic heterocycles. The molecule has 1 N–H and O–H groups in total.